The molecular weight excluding hydrogens is 220 g/mol. The Morgan fingerprint density at radius 1 is 1.47 bits per heavy atom. The maximum absolute atomic E-state index is 8.93. The predicted octanol–water partition coefficient (Wildman–Crippen LogP) is 0.577. The second kappa shape index (κ2) is 8.00. The van der Waals surface area contributed by atoms with Gasteiger partial charge in [0.15, 0.2) is 0 Å². The molecule has 5 nitrogen and oxygen atoms in total. The molecule has 0 fully saturated rings. The molecule has 0 saturated carbocycles. The molecule has 0 spiro atoms. The van der Waals surface area contributed by atoms with Crippen molar-refractivity contribution in [2.24, 2.45) is 0 Å². The highest BCUT2D eigenvalue weighted by molar-refractivity contribution is 5.25. The van der Waals surface area contributed by atoms with E-state index >= 15 is 0 Å². The fraction of sp³-hybridized carbons (Fsp3) is 0.583. The number of ether oxygens (including phenoxy) is 2. The molecule has 1 heterocycles. The van der Waals surface area contributed by atoms with E-state index in [0.717, 1.165) is 5.56 Å². The van der Waals surface area contributed by atoms with Crippen LogP contribution in [-0.4, -0.2) is 43.6 Å². The van der Waals surface area contributed by atoms with Gasteiger partial charge in [0, 0.05) is 38.1 Å². The highest BCUT2D eigenvalue weighted by atomic mass is 16.5. The highest BCUT2D eigenvalue weighted by Gasteiger charge is 2.09. The molecule has 0 bridgehead atoms. The molecule has 0 aliphatic rings. The number of aliphatic hydroxyl groups excluding tert-OH is 1. The second-order valence-electron chi connectivity index (χ2n) is 3.72. The molecule has 96 valence electrons. The SMILES string of the molecule is COCC(CCO)NCc1cccnc1OC. The van der Waals surface area contributed by atoms with E-state index in [9.17, 15) is 0 Å². The van der Waals surface area contributed by atoms with Crippen molar-refractivity contribution in [1.82, 2.24) is 10.3 Å². The normalized spacial score (nSPS) is 12.4. The monoisotopic (exact) mass is 240 g/mol. The van der Waals surface area contributed by atoms with E-state index in [-0.39, 0.29) is 12.6 Å². The molecule has 1 rings (SSSR count). The Morgan fingerprint density at radius 3 is 2.94 bits per heavy atom. The zero-order valence-corrected chi connectivity index (χ0v) is 10.3. The summed E-state index contributed by atoms with van der Waals surface area (Å²) in [5.74, 6) is 0.625. The fourth-order valence-electron chi connectivity index (χ4n) is 1.60. The Labute approximate surface area is 102 Å². The largest absolute Gasteiger partial charge is 0.481 e. The van der Waals surface area contributed by atoms with Crippen LogP contribution in [0.5, 0.6) is 5.88 Å². The first-order valence-electron chi connectivity index (χ1n) is 5.62. The molecule has 2 N–H and O–H groups in total. The van der Waals surface area contributed by atoms with Gasteiger partial charge in [-0.2, -0.15) is 0 Å². The van der Waals surface area contributed by atoms with Crippen LogP contribution in [0.2, 0.25) is 0 Å². The van der Waals surface area contributed by atoms with Gasteiger partial charge in [0.05, 0.1) is 13.7 Å². The molecule has 0 amide bonds. The van der Waals surface area contributed by atoms with Gasteiger partial charge in [-0.3, -0.25) is 0 Å². The molecule has 1 aromatic heterocycles. The van der Waals surface area contributed by atoms with E-state index in [1.807, 2.05) is 12.1 Å². The number of aliphatic hydroxyl groups is 1. The second-order valence-corrected chi connectivity index (χ2v) is 3.72. The predicted molar refractivity (Wildman–Crippen MR) is 65.0 cm³/mol. The van der Waals surface area contributed by atoms with E-state index in [4.69, 9.17) is 14.6 Å². The molecule has 0 aliphatic heterocycles. The molecule has 1 unspecified atom stereocenters. The lowest BCUT2D eigenvalue weighted by molar-refractivity contribution is 0.148. The van der Waals surface area contributed by atoms with Crippen LogP contribution in [0.3, 0.4) is 0 Å². The summed E-state index contributed by atoms with van der Waals surface area (Å²) in [5.41, 5.74) is 0.994. The maximum Gasteiger partial charge on any atom is 0.217 e. The first-order chi connectivity index (χ1) is 8.31. The van der Waals surface area contributed by atoms with Gasteiger partial charge in [-0.1, -0.05) is 6.07 Å². The molecule has 1 aromatic rings. The summed E-state index contributed by atoms with van der Waals surface area (Å²) >= 11 is 0. The van der Waals surface area contributed by atoms with Gasteiger partial charge in [0.1, 0.15) is 0 Å². The van der Waals surface area contributed by atoms with Crippen molar-refractivity contribution >= 4 is 0 Å². The third-order valence-corrected chi connectivity index (χ3v) is 2.47. The van der Waals surface area contributed by atoms with Gasteiger partial charge >= 0.3 is 0 Å². The number of hydrogen-bond acceptors (Lipinski definition) is 5. The molecular formula is C12H20N2O3. The minimum atomic E-state index is 0.134. The van der Waals surface area contributed by atoms with Crippen LogP contribution in [-0.2, 0) is 11.3 Å². The highest BCUT2D eigenvalue weighted by Crippen LogP contribution is 2.13. The molecule has 0 saturated heterocycles. The van der Waals surface area contributed by atoms with Crippen LogP contribution < -0.4 is 10.1 Å². The summed E-state index contributed by atoms with van der Waals surface area (Å²) in [6.45, 7) is 1.36. The number of aromatic nitrogens is 1. The average Bonchev–Trinajstić information content (AvgIpc) is 2.37. The fourth-order valence-corrected chi connectivity index (χ4v) is 1.60. The Balaban J connectivity index is 2.52. The first kappa shape index (κ1) is 13.9. The van der Waals surface area contributed by atoms with Gasteiger partial charge in [-0.15, -0.1) is 0 Å². The third-order valence-electron chi connectivity index (χ3n) is 2.47. The van der Waals surface area contributed by atoms with E-state index < -0.39 is 0 Å². The minimum absolute atomic E-state index is 0.134. The van der Waals surface area contributed by atoms with Crippen molar-refractivity contribution in [3.05, 3.63) is 23.9 Å². The Bertz CT molecular complexity index is 314. The van der Waals surface area contributed by atoms with Gasteiger partial charge in [0.2, 0.25) is 5.88 Å². The van der Waals surface area contributed by atoms with E-state index in [1.165, 1.54) is 0 Å². The third kappa shape index (κ3) is 4.68. The Morgan fingerprint density at radius 2 is 2.29 bits per heavy atom. The zero-order valence-electron chi connectivity index (χ0n) is 10.3. The number of nitrogens with one attached hydrogen (secondary N) is 1. The van der Waals surface area contributed by atoms with Crippen LogP contribution in [0.1, 0.15) is 12.0 Å². The number of rotatable bonds is 8. The van der Waals surface area contributed by atoms with Crippen LogP contribution in [0.25, 0.3) is 0 Å². The van der Waals surface area contributed by atoms with Crippen LogP contribution in [0, 0.1) is 0 Å². The van der Waals surface area contributed by atoms with Crippen molar-refractivity contribution in [2.75, 3.05) is 27.4 Å². The zero-order chi connectivity index (χ0) is 12.5. The van der Waals surface area contributed by atoms with Crippen molar-refractivity contribution in [3.63, 3.8) is 0 Å². The minimum Gasteiger partial charge on any atom is -0.481 e. The Hall–Kier alpha value is -1.17. The molecule has 0 radical (unpaired) electrons. The summed E-state index contributed by atoms with van der Waals surface area (Å²) < 4.78 is 10.2. The molecule has 17 heavy (non-hydrogen) atoms. The van der Waals surface area contributed by atoms with Gasteiger partial charge in [-0.05, 0) is 12.5 Å². The quantitative estimate of drug-likeness (QED) is 0.696. The smallest absolute Gasteiger partial charge is 0.217 e. The topological polar surface area (TPSA) is 63.6 Å². The van der Waals surface area contributed by atoms with E-state index in [0.29, 0.717) is 25.5 Å². The summed E-state index contributed by atoms with van der Waals surface area (Å²) in [7, 11) is 3.25. The lowest BCUT2D eigenvalue weighted by Crippen LogP contribution is -2.33. The molecule has 0 aromatic carbocycles. The lowest BCUT2D eigenvalue weighted by atomic mass is 10.2. The molecule has 0 aliphatic carbocycles. The number of pyridine rings is 1. The van der Waals surface area contributed by atoms with E-state index in [2.05, 4.69) is 10.3 Å². The first-order valence-corrected chi connectivity index (χ1v) is 5.62. The number of methoxy groups -OCH3 is 2. The summed E-state index contributed by atoms with van der Waals surface area (Å²) in [4.78, 5) is 4.12. The van der Waals surface area contributed by atoms with Crippen molar-refractivity contribution in [1.29, 1.82) is 0 Å². The van der Waals surface area contributed by atoms with E-state index in [1.54, 1.807) is 20.4 Å². The van der Waals surface area contributed by atoms with Crippen molar-refractivity contribution < 1.29 is 14.6 Å². The van der Waals surface area contributed by atoms with Crippen molar-refractivity contribution in [2.45, 2.75) is 19.0 Å². The summed E-state index contributed by atoms with van der Waals surface area (Å²) in [5, 5.41) is 12.2. The standard InChI is InChI=1S/C12H20N2O3/c1-16-9-11(5-7-15)14-8-10-4-3-6-13-12(10)17-2/h3-4,6,11,14-15H,5,7-9H2,1-2H3. The molecule has 1 atom stereocenters. The maximum atomic E-state index is 8.93. The van der Waals surface area contributed by atoms with Crippen LogP contribution >= 0.6 is 0 Å². The van der Waals surface area contributed by atoms with Crippen molar-refractivity contribution in [3.8, 4) is 5.88 Å². The van der Waals surface area contributed by atoms with Crippen LogP contribution in [0.4, 0.5) is 0 Å². The van der Waals surface area contributed by atoms with Gasteiger partial charge in [0.25, 0.3) is 0 Å². The number of nitrogens with zero attached hydrogens (tertiary/aromatic N) is 1. The van der Waals surface area contributed by atoms with Gasteiger partial charge in [-0.25, -0.2) is 4.98 Å². The Kier molecular flexibility index (Phi) is 6.54. The van der Waals surface area contributed by atoms with Crippen LogP contribution in [0.15, 0.2) is 18.3 Å². The summed E-state index contributed by atoms with van der Waals surface area (Å²) in [6.07, 6.45) is 2.36. The number of hydrogen-bond donors (Lipinski definition) is 2. The average molecular weight is 240 g/mol. The molecule has 5 heteroatoms. The summed E-state index contributed by atoms with van der Waals surface area (Å²) in [6, 6.07) is 3.97. The lowest BCUT2D eigenvalue weighted by Gasteiger charge is -2.17. The van der Waals surface area contributed by atoms with Gasteiger partial charge < -0.3 is 19.9 Å².